The molecule has 12 heavy (non-hydrogen) atoms. The second-order valence-electron chi connectivity index (χ2n) is 3.28. The van der Waals surface area contributed by atoms with Crippen molar-refractivity contribution in [2.75, 3.05) is 12.9 Å². The Morgan fingerprint density at radius 3 is 2.50 bits per heavy atom. The molecule has 0 spiro atoms. The molecule has 0 amide bonds. The van der Waals surface area contributed by atoms with Gasteiger partial charge in [0.25, 0.3) is 10.1 Å². The molecule has 1 aliphatic rings. The van der Waals surface area contributed by atoms with Crippen molar-refractivity contribution in [3.05, 3.63) is 0 Å². The third kappa shape index (κ3) is 4.07. The van der Waals surface area contributed by atoms with Gasteiger partial charge in [-0.05, 0) is 18.7 Å². The first-order chi connectivity index (χ1) is 5.91. The Labute approximate surface area is 75.6 Å². The van der Waals surface area contributed by atoms with E-state index in [1.165, 1.54) is 0 Å². The first-order valence-electron chi connectivity index (χ1n) is 4.76. The lowest BCUT2D eigenvalue weighted by Gasteiger charge is -2.20. The first kappa shape index (κ1) is 8.51. The molecule has 72 valence electrons. The number of rotatable bonds is 3. The van der Waals surface area contributed by atoms with E-state index in [2.05, 4.69) is 4.18 Å². The predicted molar refractivity (Wildman–Crippen MR) is 47.4 cm³/mol. The predicted octanol–water partition coefficient (Wildman–Crippen LogP) is 1.54. The van der Waals surface area contributed by atoms with Gasteiger partial charge in [-0.1, -0.05) is 19.3 Å². The molecule has 0 N–H and O–H groups in total. The van der Waals surface area contributed by atoms with Gasteiger partial charge < -0.3 is 0 Å². The normalized spacial score (nSPS) is 24.9. The van der Waals surface area contributed by atoms with Crippen LogP contribution in [0.3, 0.4) is 0 Å². The Morgan fingerprint density at radius 2 is 2.00 bits per heavy atom. The highest BCUT2D eigenvalue weighted by Gasteiger charge is 2.15. The van der Waals surface area contributed by atoms with E-state index >= 15 is 0 Å². The molecule has 1 fully saturated rings. The van der Waals surface area contributed by atoms with Gasteiger partial charge in [-0.15, -0.1) is 0 Å². The quantitative estimate of drug-likeness (QED) is 0.639. The Morgan fingerprint density at radius 1 is 1.42 bits per heavy atom. The third-order valence-electron chi connectivity index (χ3n) is 2.04. The molecule has 0 bridgehead atoms. The molecule has 4 heteroatoms. The van der Waals surface area contributed by atoms with E-state index < -0.39 is 16.0 Å². The average molecular weight is 193 g/mol. The van der Waals surface area contributed by atoms with Gasteiger partial charge in [0, 0.05) is 1.37 Å². The van der Waals surface area contributed by atoms with Crippen LogP contribution in [0.4, 0.5) is 0 Å². The highest BCUT2D eigenvalue weighted by atomic mass is 32.2. The maximum atomic E-state index is 10.7. The SMILES string of the molecule is [2H]C1(COS(C)(=O)=O)CCCCC1. The van der Waals surface area contributed by atoms with Gasteiger partial charge in [0.05, 0.1) is 12.9 Å². The van der Waals surface area contributed by atoms with Crippen molar-refractivity contribution in [3.63, 3.8) is 0 Å². The molecule has 0 aliphatic heterocycles. The van der Waals surface area contributed by atoms with E-state index in [9.17, 15) is 8.42 Å². The summed E-state index contributed by atoms with van der Waals surface area (Å²) in [6, 6.07) is 0. The van der Waals surface area contributed by atoms with Gasteiger partial charge in [0.15, 0.2) is 0 Å². The Kier molecular flexibility index (Phi) is 3.00. The summed E-state index contributed by atoms with van der Waals surface area (Å²) in [6.45, 7) is 0.0197. The molecule has 0 aromatic rings. The maximum Gasteiger partial charge on any atom is 0.264 e. The fourth-order valence-electron chi connectivity index (χ4n) is 1.39. The molecule has 0 heterocycles. The molecule has 0 saturated heterocycles. The Balaban J connectivity index is 2.42. The van der Waals surface area contributed by atoms with E-state index in [1.807, 2.05) is 0 Å². The summed E-state index contributed by atoms with van der Waals surface area (Å²) in [6.07, 6.45) is 5.71. The van der Waals surface area contributed by atoms with Crippen molar-refractivity contribution < 1.29 is 14.0 Å². The molecular weight excluding hydrogens is 176 g/mol. The minimum Gasteiger partial charge on any atom is -0.270 e. The minimum atomic E-state index is -3.38. The van der Waals surface area contributed by atoms with Crippen LogP contribution in [0.5, 0.6) is 0 Å². The van der Waals surface area contributed by atoms with Gasteiger partial charge >= 0.3 is 0 Å². The number of hydrogen-bond acceptors (Lipinski definition) is 3. The van der Waals surface area contributed by atoms with Crippen LogP contribution in [0, 0.1) is 5.89 Å². The zero-order valence-corrected chi connectivity index (χ0v) is 8.19. The summed E-state index contributed by atoms with van der Waals surface area (Å²) in [4.78, 5) is 0. The molecule has 0 atom stereocenters. The van der Waals surface area contributed by atoms with Crippen LogP contribution in [-0.2, 0) is 14.3 Å². The highest BCUT2D eigenvalue weighted by Crippen LogP contribution is 2.23. The van der Waals surface area contributed by atoms with Gasteiger partial charge in [-0.25, -0.2) is 0 Å². The summed E-state index contributed by atoms with van der Waals surface area (Å²) in [5.41, 5.74) is 0. The Bertz CT molecular complexity index is 255. The largest absolute Gasteiger partial charge is 0.270 e. The van der Waals surface area contributed by atoms with E-state index in [1.54, 1.807) is 0 Å². The van der Waals surface area contributed by atoms with Crippen molar-refractivity contribution in [1.29, 1.82) is 0 Å². The van der Waals surface area contributed by atoms with Crippen LogP contribution in [0.1, 0.15) is 33.5 Å². The van der Waals surface area contributed by atoms with E-state index in [0.717, 1.165) is 38.4 Å². The van der Waals surface area contributed by atoms with Crippen LogP contribution in [-0.4, -0.2) is 21.3 Å². The lowest BCUT2D eigenvalue weighted by Crippen LogP contribution is -2.16. The van der Waals surface area contributed by atoms with Gasteiger partial charge in [0.2, 0.25) is 0 Å². The smallest absolute Gasteiger partial charge is 0.264 e. The molecular formula is C8H16O3S. The van der Waals surface area contributed by atoms with Gasteiger partial charge in [0.1, 0.15) is 0 Å². The van der Waals surface area contributed by atoms with Gasteiger partial charge in [-0.2, -0.15) is 8.42 Å². The van der Waals surface area contributed by atoms with Crippen molar-refractivity contribution in [2.24, 2.45) is 5.89 Å². The highest BCUT2D eigenvalue weighted by molar-refractivity contribution is 7.85. The summed E-state index contributed by atoms with van der Waals surface area (Å²) in [5.74, 6) is -0.665. The van der Waals surface area contributed by atoms with Crippen LogP contribution in [0.15, 0.2) is 0 Å². The lowest BCUT2D eigenvalue weighted by atomic mass is 9.90. The van der Waals surface area contributed by atoms with Crippen molar-refractivity contribution in [2.45, 2.75) is 32.1 Å². The topological polar surface area (TPSA) is 43.4 Å². The summed E-state index contributed by atoms with van der Waals surface area (Å²) >= 11 is 0. The van der Waals surface area contributed by atoms with Crippen molar-refractivity contribution in [3.8, 4) is 0 Å². The third-order valence-corrected chi connectivity index (χ3v) is 2.58. The second-order valence-corrected chi connectivity index (χ2v) is 4.92. The van der Waals surface area contributed by atoms with Crippen LogP contribution >= 0.6 is 0 Å². The Hall–Kier alpha value is -0.0900. The molecule has 1 saturated carbocycles. The lowest BCUT2D eigenvalue weighted by molar-refractivity contribution is 0.215. The molecule has 1 rings (SSSR count). The summed E-state index contributed by atoms with van der Waals surface area (Å²) < 4.78 is 34.0. The average Bonchev–Trinajstić information content (AvgIpc) is 2.02. The molecule has 0 unspecified atom stereocenters. The fourth-order valence-corrected chi connectivity index (χ4v) is 1.77. The first-order valence-corrected chi connectivity index (χ1v) is 6.07. The minimum absolute atomic E-state index is 0.0197. The van der Waals surface area contributed by atoms with Crippen molar-refractivity contribution >= 4 is 10.1 Å². The summed E-state index contributed by atoms with van der Waals surface area (Å²) in [7, 11) is -3.38. The van der Waals surface area contributed by atoms with Crippen LogP contribution in [0.25, 0.3) is 0 Å². The standard InChI is InChI=1S/C8H16O3S/c1-12(9,10)11-7-8-5-3-2-4-6-8/h8H,2-7H2,1H3/i8D. The maximum absolute atomic E-state index is 10.7. The zero-order chi connectivity index (χ0) is 9.95. The molecule has 3 nitrogen and oxygen atoms in total. The van der Waals surface area contributed by atoms with Gasteiger partial charge in [-0.3, -0.25) is 4.18 Å². The van der Waals surface area contributed by atoms with Crippen molar-refractivity contribution in [1.82, 2.24) is 0 Å². The number of hydrogen-bond donors (Lipinski definition) is 0. The molecule has 0 aromatic heterocycles. The molecule has 0 radical (unpaired) electrons. The monoisotopic (exact) mass is 193 g/mol. The van der Waals surface area contributed by atoms with Crippen LogP contribution < -0.4 is 0 Å². The summed E-state index contributed by atoms with van der Waals surface area (Å²) in [5, 5.41) is 0. The fraction of sp³-hybridized carbons (Fsp3) is 1.00. The molecule has 1 aliphatic carbocycles. The molecule has 0 aromatic carbocycles. The van der Waals surface area contributed by atoms with Crippen LogP contribution in [0.2, 0.25) is 0 Å². The van der Waals surface area contributed by atoms with E-state index in [0.29, 0.717) is 0 Å². The second kappa shape index (κ2) is 4.23. The van der Waals surface area contributed by atoms with E-state index in [-0.39, 0.29) is 6.61 Å². The zero-order valence-electron chi connectivity index (χ0n) is 8.38. The van der Waals surface area contributed by atoms with E-state index in [4.69, 9.17) is 1.37 Å².